The first kappa shape index (κ1) is 13.3. The summed E-state index contributed by atoms with van der Waals surface area (Å²) in [5.74, 6) is 0.571. The highest BCUT2D eigenvalue weighted by Crippen LogP contribution is 2.34. The van der Waals surface area contributed by atoms with Crippen molar-refractivity contribution in [1.82, 2.24) is 9.97 Å². The Bertz CT molecular complexity index is 519. The van der Waals surface area contributed by atoms with Crippen LogP contribution in [-0.2, 0) is 6.42 Å². The molecule has 0 saturated carbocycles. The third kappa shape index (κ3) is 2.81. The largest absolute Gasteiger partial charge is 0.215 e. The molecular weight excluding hydrogens is 343 g/mol. The van der Waals surface area contributed by atoms with E-state index in [-0.39, 0.29) is 0 Å². The lowest BCUT2D eigenvalue weighted by molar-refractivity contribution is 0.903. The Morgan fingerprint density at radius 2 is 1.94 bits per heavy atom. The first-order chi connectivity index (χ1) is 8.13. The van der Waals surface area contributed by atoms with E-state index in [0.717, 1.165) is 27.8 Å². The number of rotatable bonds is 3. The number of nitrogens with zero attached hydrogens (tertiary/aromatic N) is 2. The van der Waals surface area contributed by atoms with E-state index in [2.05, 4.69) is 32.8 Å². The molecule has 6 heteroatoms. The Kier molecular flexibility index (Phi) is 4.42. The summed E-state index contributed by atoms with van der Waals surface area (Å²) in [7, 11) is 0. The lowest BCUT2D eigenvalue weighted by Crippen LogP contribution is -1.96. The molecule has 0 aliphatic heterocycles. The van der Waals surface area contributed by atoms with Crippen molar-refractivity contribution in [2.75, 3.05) is 0 Å². The monoisotopic (exact) mass is 350 g/mol. The molecule has 0 aliphatic carbocycles. The summed E-state index contributed by atoms with van der Waals surface area (Å²) in [6.45, 7) is 2.07. The van der Waals surface area contributed by atoms with E-state index in [1.807, 2.05) is 11.4 Å². The normalized spacial score (nSPS) is 10.8. The molecule has 0 saturated heterocycles. The third-order valence-corrected chi connectivity index (χ3v) is 4.69. The van der Waals surface area contributed by atoms with Crippen LogP contribution in [0.3, 0.4) is 0 Å². The zero-order valence-corrected chi connectivity index (χ0v) is 12.9. The first-order valence-corrected chi connectivity index (χ1v) is 7.51. The second kappa shape index (κ2) is 5.65. The third-order valence-electron chi connectivity index (χ3n) is 2.23. The van der Waals surface area contributed by atoms with Gasteiger partial charge >= 0.3 is 0 Å². The summed E-state index contributed by atoms with van der Waals surface area (Å²) in [6, 6.07) is 1.95. The molecule has 2 heterocycles. The Hall–Kier alpha value is -0.160. The average Bonchev–Trinajstić information content (AvgIpc) is 2.69. The van der Waals surface area contributed by atoms with Crippen LogP contribution in [0.2, 0.25) is 10.3 Å². The van der Waals surface area contributed by atoms with E-state index in [9.17, 15) is 0 Å². The Labute approximate surface area is 122 Å². The van der Waals surface area contributed by atoms with E-state index < -0.39 is 0 Å². The van der Waals surface area contributed by atoms with Crippen molar-refractivity contribution >= 4 is 50.5 Å². The van der Waals surface area contributed by atoms with Crippen LogP contribution in [-0.4, -0.2) is 9.97 Å². The molecule has 0 N–H and O–H groups in total. The second-order valence-electron chi connectivity index (χ2n) is 3.46. The van der Waals surface area contributed by atoms with Gasteiger partial charge in [0.25, 0.3) is 0 Å². The SMILES string of the molecule is CCCc1c(Cl)nc(-c2sccc2Br)nc1Cl. The molecule has 2 aromatic rings. The molecule has 0 atom stereocenters. The van der Waals surface area contributed by atoms with Gasteiger partial charge in [-0.2, -0.15) is 0 Å². The zero-order chi connectivity index (χ0) is 12.4. The van der Waals surface area contributed by atoms with Gasteiger partial charge in [0.05, 0.1) is 4.88 Å². The van der Waals surface area contributed by atoms with Crippen LogP contribution >= 0.6 is 50.5 Å². The van der Waals surface area contributed by atoms with E-state index in [0.29, 0.717) is 16.1 Å². The predicted molar refractivity (Wildman–Crippen MR) is 77.1 cm³/mol. The fourth-order valence-corrected chi connectivity index (χ4v) is 3.50. The van der Waals surface area contributed by atoms with Gasteiger partial charge in [-0.3, -0.25) is 0 Å². The highest BCUT2D eigenvalue weighted by Gasteiger charge is 2.14. The van der Waals surface area contributed by atoms with Crippen LogP contribution in [0.4, 0.5) is 0 Å². The standard InChI is InChI=1S/C11H9BrCl2N2S/c1-2-3-6-9(13)15-11(16-10(6)14)8-7(12)4-5-17-8/h4-5H,2-3H2,1H3. The molecule has 90 valence electrons. The van der Waals surface area contributed by atoms with Crippen molar-refractivity contribution in [2.24, 2.45) is 0 Å². The molecule has 0 aromatic carbocycles. The number of thiophene rings is 1. The Morgan fingerprint density at radius 3 is 2.41 bits per heavy atom. The first-order valence-electron chi connectivity index (χ1n) is 5.08. The molecule has 0 bridgehead atoms. The molecule has 17 heavy (non-hydrogen) atoms. The molecule has 2 rings (SSSR count). The fraction of sp³-hybridized carbons (Fsp3) is 0.273. The van der Waals surface area contributed by atoms with Crippen LogP contribution < -0.4 is 0 Å². The summed E-state index contributed by atoms with van der Waals surface area (Å²) in [6.07, 6.45) is 1.76. The lowest BCUT2D eigenvalue weighted by Gasteiger charge is -2.06. The number of aromatic nitrogens is 2. The van der Waals surface area contributed by atoms with Gasteiger partial charge in [0.2, 0.25) is 0 Å². The van der Waals surface area contributed by atoms with Crippen LogP contribution in [0.25, 0.3) is 10.7 Å². The predicted octanol–water partition coefficient (Wildman–Crippen LogP) is 5.23. The smallest absolute Gasteiger partial charge is 0.173 e. The van der Waals surface area contributed by atoms with Gasteiger partial charge in [-0.25, -0.2) is 9.97 Å². The molecule has 0 spiro atoms. The maximum absolute atomic E-state index is 6.14. The maximum atomic E-state index is 6.14. The van der Waals surface area contributed by atoms with Crippen LogP contribution in [0, 0.1) is 0 Å². The number of halogens is 3. The summed E-state index contributed by atoms with van der Waals surface area (Å²) in [4.78, 5) is 9.55. The number of hydrogen-bond acceptors (Lipinski definition) is 3. The summed E-state index contributed by atoms with van der Waals surface area (Å²) in [5.41, 5.74) is 0.826. The van der Waals surface area contributed by atoms with Crippen LogP contribution in [0.1, 0.15) is 18.9 Å². The fourth-order valence-electron chi connectivity index (χ4n) is 1.44. The van der Waals surface area contributed by atoms with Crippen molar-refractivity contribution in [2.45, 2.75) is 19.8 Å². The van der Waals surface area contributed by atoms with Gasteiger partial charge in [0.1, 0.15) is 10.3 Å². The minimum absolute atomic E-state index is 0.446. The van der Waals surface area contributed by atoms with Gasteiger partial charge < -0.3 is 0 Å². The van der Waals surface area contributed by atoms with Crippen molar-refractivity contribution in [3.05, 3.63) is 31.8 Å². The molecule has 2 aromatic heterocycles. The van der Waals surface area contributed by atoms with Crippen LogP contribution in [0.5, 0.6) is 0 Å². The molecule has 0 radical (unpaired) electrons. The van der Waals surface area contributed by atoms with Crippen molar-refractivity contribution in [1.29, 1.82) is 0 Å². The lowest BCUT2D eigenvalue weighted by atomic mass is 10.2. The van der Waals surface area contributed by atoms with Gasteiger partial charge in [-0.05, 0) is 33.8 Å². The van der Waals surface area contributed by atoms with E-state index >= 15 is 0 Å². The van der Waals surface area contributed by atoms with E-state index in [1.54, 1.807) is 11.3 Å². The van der Waals surface area contributed by atoms with E-state index in [4.69, 9.17) is 23.2 Å². The second-order valence-corrected chi connectivity index (χ2v) is 5.94. The van der Waals surface area contributed by atoms with Crippen molar-refractivity contribution < 1.29 is 0 Å². The van der Waals surface area contributed by atoms with Gasteiger partial charge in [-0.1, -0.05) is 36.5 Å². The molecule has 2 nitrogen and oxygen atoms in total. The van der Waals surface area contributed by atoms with Crippen molar-refractivity contribution in [3.8, 4) is 10.7 Å². The molecule has 0 aliphatic rings. The zero-order valence-electron chi connectivity index (χ0n) is 9.01. The van der Waals surface area contributed by atoms with Gasteiger partial charge in [0, 0.05) is 10.0 Å². The summed E-state index contributed by atoms with van der Waals surface area (Å²) >= 11 is 17.3. The summed E-state index contributed by atoms with van der Waals surface area (Å²) in [5, 5.41) is 2.86. The van der Waals surface area contributed by atoms with Gasteiger partial charge in [-0.15, -0.1) is 11.3 Å². The Balaban J connectivity index is 2.49. The summed E-state index contributed by atoms with van der Waals surface area (Å²) < 4.78 is 0.956. The number of hydrogen-bond donors (Lipinski definition) is 0. The minimum atomic E-state index is 0.446. The van der Waals surface area contributed by atoms with Gasteiger partial charge in [0.15, 0.2) is 5.82 Å². The molecule has 0 amide bonds. The minimum Gasteiger partial charge on any atom is -0.215 e. The van der Waals surface area contributed by atoms with Crippen molar-refractivity contribution in [3.63, 3.8) is 0 Å². The quantitative estimate of drug-likeness (QED) is 0.708. The molecule has 0 unspecified atom stereocenters. The van der Waals surface area contributed by atoms with E-state index in [1.165, 1.54) is 0 Å². The average molecular weight is 352 g/mol. The highest BCUT2D eigenvalue weighted by molar-refractivity contribution is 9.10. The highest BCUT2D eigenvalue weighted by atomic mass is 79.9. The molecular formula is C11H9BrCl2N2S. The topological polar surface area (TPSA) is 25.8 Å². The Morgan fingerprint density at radius 1 is 1.29 bits per heavy atom. The molecule has 0 fully saturated rings. The maximum Gasteiger partial charge on any atom is 0.173 e. The van der Waals surface area contributed by atoms with Crippen LogP contribution in [0.15, 0.2) is 15.9 Å².